The lowest BCUT2D eigenvalue weighted by molar-refractivity contribution is 0.721. The molecule has 17 heavy (non-hydrogen) atoms. The molecule has 1 aromatic carbocycles. The molecule has 1 atom stereocenters. The smallest absolute Gasteiger partial charge is 0.0932 e. The van der Waals surface area contributed by atoms with Crippen molar-refractivity contribution in [3.05, 3.63) is 40.7 Å². The third kappa shape index (κ3) is 3.83. The highest BCUT2D eigenvalue weighted by Crippen LogP contribution is 2.22. The highest BCUT2D eigenvalue weighted by molar-refractivity contribution is 7.09. The second kappa shape index (κ2) is 6.18. The monoisotopic (exact) mass is 265 g/mol. The maximum absolute atomic E-state index is 5.93. The van der Waals surface area contributed by atoms with Gasteiger partial charge in [0, 0.05) is 16.3 Å². The third-order valence-corrected chi connectivity index (χ3v) is 3.74. The number of aromatic nitrogens is 1. The van der Waals surface area contributed by atoms with Crippen LogP contribution in [0.5, 0.6) is 0 Å². The number of alkyl halides is 1. The molecule has 90 valence electrons. The van der Waals surface area contributed by atoms with Crippen LogP contribution in [0.25, 0.3) is 11.3 Å². The summed E-state index contributed by atoms with van der Waals surface area (Å²) in [6.45, 7) is 2.04. The van der Waals surface area contributed by atoms with Crippen molar-refractivity contribution in [1.82, 2.24) is 4.98 Å². The van der Waals surface area contributed by atoms with Crippen LogP contribution in [-0.2, 0) is 6.42 Å². The standard InChI is InChI=1S/C14H16ClNS/c1-11(15)6-5-9-14-16-13(10-17-14)12-7-3-2-4-8-12/h2-4,7-8,10-11H,5-6,9H2,1H3. The summed E-state index contributed by atoms with van der Waals surface area (Å²) in [5.41, 5.74) is 2.28. The molecule has 2 rings (SSSR count). The van der Waals surface area contributed by atoms with Crippen molar-refractivity contribution in [1.29, 1.82) is 0 Å². The zero-order valence-corrected chi connectivity index (χ0v) is 11.5. The first-order valence-electron chi connectivity index (χ1n) is 5.89. The van der Waals surface area contributed by atoms with E-state index in [9.17, 15) is 0 Å². The summed E-state index contributed by atoms with van der Waals surface area (Å²) in [6.07, 6.45) is 3.21. The average molecular weight is 266 g/mol. The molecular weight excluding hydrogens is 250 g/mol. The molecule has 1 aromatic heterocycles. The fourth-order valence-corrected chi connectivity index (χ4v) is 2.71. The van der Waals surface area contributed by atoms with Crippen LogP contribution < -0.4 is 0 Å². The van der Waals surface area contributed by atoms with Gasteiger partial charge in [0.2, 0.25) is 0 Å². The van der Waals surface area contributed by atoms with Crippen LogP contribution in [0, 0.1) is 0 Å². The number of benzene rings is 1. The topological polar surface area (TPSA) is 12.9 Å². The molecule has 0 bridgehead atoms. The van der Waals surface area contributed by atoms with Crippen LogP contribution in [0.2, 0.25) is 0 Å². The Kier molecular flexibility index (Phi) is 4.57. The van der Waals surface area contributed by atoms with Crippen LogP contribution in [0.15, 0.2) is 35.7 Å². The van der Waals surface area contributed by atoms with Gasteiger partial charge in [0.1, 0.15) is 0 Å². The van der Waals surface area contributed by atoms with Crippen LogP contribution >= 0.6 is 22.9 Å². The zero-order chi connectivity index (χ0) is 12.1. The molecule has 0 aliphatic heterocycles. The molecule has 0 aliphatic rings. The van der Waals surface area contributed by atoms with E-state index >= 15 is 0 Å². The molecule has 0 aliphatic carbocycles. The van der Waals surface area contributed by atoms with Crippen LogP contribution in [0.3, 0.4) is 0 Å². The average Bonchev–Trinajstić information content (AvgIpc) is 2.78. The van der Waals surface area contributed by atoms with E-state index in [1.807, 2.05) is 25.1 Å². The van der Waals surface area contributed by atoms with Gasteiger partial charge in [0.15, 0.2) is 0 Å². The zero-order valence-electron chi connectivity index (χ0n) is 9.90. The van der Waals surface area contributed by atoms with Crippen molar-refractivity contribution < 1.29 is 0 Å². The number of halogens is 1. The molecule has 0 saturated heterocycles. The highest BCUT2D eigenvalue weighted by Gasteiger charge is 2.04. The minimum absolute atomic E-state index is 0.267. The molecule has 1 nitrogen and oxygen atoms in total. The van der Waals surface area contributed by atoms with Gasteiger partial charge in [-0.25, -0.2) is 4.98 Å². The maximum atomic E-state index is 5.93. The first-order chi connectivity index (χ1) is 8.25. The minimum Gasteiger partial charge on any atom is -0.241 e. The van der Waals surface area contributed by atoms with Crippen molar-refractivity contribution in [2.45, 2.75) is 31.6 Å². The van der Waals surface area contributed by atoms with Gasteiger partial charge in [-0.05, 0) is 26.2 Å². The number of hydrogen-bond donors (Lipinski definition) is 0. The first-order valence-corrected chi connectivity index (χ1v) is 7.21. The maximum Gasteiger partial charge on any atom is 0.0932 e. The summed E-state index contributed by atoms with van der Waals surface area (Å²) in [4.78, 5) is 4.65. The Morgan fingerprint density at radius 3 is 2.76 bits per heavy atom. The quantitative estimate of drug-likeness (QED) is 0.711. The Labute approximate surface area is 111 Å². The first kappa shape index (κ1) is 12.6. The second-order valence-corrected chi connectivity index (χ2v) is 5.85. The van der Waals surface area contributed by atoms with Crippen LogP contribution in [0.1, 0.15) is 24.8 Å². The number of rotatable bonds is 5. The molecule has 1 unspecified atom stereocenters. The Balaban J connectivity index is 1.97. The van der Waals surface area contributed by atoms with Crippen LogP contribution in [0.4, 0.5) is 0 Å². The summed E-state index contributed by atoms with van der Waals surface area (Å²) in [5.74, 6) is 0. The molecule has 1 heterocycles. The Bertz CT molecular complexity index is 450. The van der Waals surface area contributed by atoms with Gasteiger partial charge in [0.25, 0.3) is 0 Å². The lowest BCUT2D eigenvalue weighted by atomic mass is 10.2. The van der Waals surface area contributed by atoms with Crippen molar-refractivity contribution in [3.8, 4) is 11.3 Å². The summed E-state index contributed by atoms with van der Waals surface area (Å²) in [5, 5.41) is 3.61. The second-order valence-electron chi connectivity index (χ2n) is 4.17. The number of aryl methyl sites for hydroxylation is 1. The summed E-state index contributed by atoms with van der Waals surface area (Å²) in [6, 6.07) is 10.3. The van der Waals surface area contributed by atoms with Crippen molar-refractivity contribution in [3.63, 3.8) is 0 Å². The molecule has 0 spiro atoms. The van der Waals surface area contributed by atoms with Gasteiger partial charge in [-0.3, -0.25) is 0 Å². The van der Waals surface area contributed by atoms with Crippen molar-refractivity contribution in [2.75, 3.05) is 0 Å². The van der Waals surface area contributed by atoms with E-state index in [-0.39, 0.29) is 5.38 Å². The van der Waals surface area contributed by atoms with Crippen molar-refractivity contribution >= 4 is 22.9 Å². The third-order valence-electron chi connectivity index (χ3n) is 2.61. The van der Waals surface area contributed by atoms with Gasteiger partial charge in [-0.1, -0.05) is 30.3 Å². The summed E-state index contributed by atoms with van der Waals surface area (Å²) >= 11 is 7.67. The summed E-state index contributed by atoms with van der Waals surface area (Å²) in [7, 11) is 0. The van der Waals surface area contributed by atoms with Crippen molar-refractivity contribution in [2.24, 2.45) is 0 Å². The van der Waals surface area contributed by atoms with E-state index in [1.54, 1.807) is 11.3 Å². The van der Waals surface area contributed by atoms with Gasteiger partial charge in [-0.2, -0.15) is 0 Å². The predicted molar refractivity (Wildman–Crippen MR) is 75.8 cm³/mol. The molecule has 0 N–H and O–H groups in total. The molecular formula is C14H16ClNS. The van der Waals surface area contributed by atoms with E-state index in [2.05, 4.69) is 22.5 Å². The molecule has 3 heteroatoms. The minimum atomic E-state index is 0.267. The highest BCUT2D eigenvalue weighted by atomic mass is 35.5. The fraction of sp³-hybridized carbons (Fsp3) is 0.357. The largest absolute Gasteiger partial charge is 0.241 e. The van der Waals surface area contributed by atoms with E-state index in [0.717, 1.165) is 25.0 Å². The lowest BCUT2D eigenvalue weighted by Crippen LogP contribution is -1.92. The summed E-state index contributed by atoms with van der Waals surface area (Å²) < 4.78 is 0. The van der Waals surface area contributed by atoms with E-state index in [4.69, 9.17) is 11.6 Å². The molecule has 2 aromatic rings. The Hall–Kier alpha value is -0.860. The number of hydrogen-bond acceptors (Lipinski definition) is 2. The number of thiazole rings is 1. The van der Waals surface area contributed by atoms with E-state index in [1.165, 1.54) is 10.6 Å². The van der Waals surface area contributed by atoms with Gasteiger partial charge in [-0.15, -0.1) is 22.9 Å². The Morgan fingerprint density at radius 1 is 1.29 bits per heavy atom. The van der Waals surface area contributed by atoms with E-state index < -0.39 is 0 Å². The Morgan fingerprint density at radius 2 is 2.06 bits per heavy atom. The predicted octanol–water partition coefficient (Wildman–Crippen LogP) is 4.76. The lowest BCUT2D eigenvalue weighted by Gasteiger charge is -2.00. The van der Waals surface area contributed by atoms with Crippen LogP contribution in [-0.4, -0.2) is 10.4 Å². The van der Waals surface area contributed by atoms with Gasteiger partial charge >= 0.3 is 0 Å². The molecule has 0 fully saturated rings. The SMILES string of the molecule is CC(Cl)CCCc1nc(-c2ccccc2)cs1. The normalized spacial score (nSPS) is 12.6. The van der Waals surface area contributed by atoms with Gasteiger partial charge in [0.05, 0.1) is 10.7 Å². The molecule has 0 saturated carbocycles. The fourth-order valence-electron chi connectivity index (χ4n) is 1.70. The molecule has 0 amide bonds. The van der Waals surface area contributed by atoms with Gasteiger partial charge < -0.3 is 0 Å². The number of nitrogens with zero attached hydrogens (tertiary/aromatic N) is 1. The molecule has 0 radical (unpaired) electrons. The van der Waals surface area contributed by atoms with E-state index in [0.29, 0.717) is 0 Å².